The van der Waals surface area contributed by atoms with E-state index in [1.807, 2.05) is 54.6 Å². The molecule has 0 N–H and O–H groups in total. The molecule has 1 aromatic heterocycles. The number of carbonyl (C=O) groups is 1. The number of nitrogens with zero attached hydrogens (tertiary/aromatic N) is 1. The molecule has 3 aromatic rings. The van der Waals surface area contributed by atoms with Gasteiger partial charge in [0.1, 0.15) is 12.4 Å². The van der Waals surface area contributed by atoms with Gasteiger partial charge in [-0.1, -0.05) is 44.2 Å². The monoisotopic (exact) mass is 389 g/mol. The van der Waals surface area contributed by atoms with Gasteiger partial charge < -0.3 is 9.47 Å². The Morgan fingerprint density at radius 1 is 0.897 bits per heavy atom. The van der Waals surface area contributed by atoms with E-state index in [-0.39, 0.29) is 11.4 Å². The molecule has 0 radical (unpaired) electrons. The van der Waals surface area contributed by atoms with Crippen LogP contribution in [0.1, 0.15) is 41.0 Å². The molecule has 0 amide bonds. The van der Waals surface area contributed by atoms with E-state index in [0.717, 1.165) is 24.3 Å². The summed E-state index contributed by atoms with van der Waals surface area (Å²) in [6.45, 7) is 4.98. The maximum absolute atomic E-state index is 11.6. The van der Waals surface area contributed by atoms with E-state index in [9.17, 15) is 4.79 Å². The molecular weight excluding hydrogens is 362 g/mol. The largest absolute Gasteiger partial charge is 0.487 e. The number of pyridine rings is 1. The minimum absolute atomic E-state index is 0.0864. The lowest BCUT2D eigenvalue weighted by Crippen LogP contribution is -2.18. The van der Waals surface area contributed by atoms with Crippen LogP contribution in [0, 0.1) is 5.41 Å². The number of aromatic nitrogens is 1. The van der Waals surface area contributed by atoms with Crippen molar-refractivity contribution in [3.8, 4) is 5.75 Å². The number of rotatable bonds is 8. The van der Waals surface area contributed by atoms with Gasteiger partial charge in [0, 0.05) is 6.20 Å². The van der Waals surface area contributed by atoms with Crippen LogP contribution in [0.15, 0.2) is 72.9 Å². The van der Waals surface area contributed by atoms with E-state index in [0.29, 0.717) is 12.2 Å². The number of methoxy groups -OCH3 is 1. The summed E-state index contributed by atoms with van der Waals surface area (Å²) in [5.41, 5.74) is 4.05. The van der Waals surface area contributed by atoms with Crippen LogP contribution < -0.4 is 4.74 Å². The molecule has 0 saturated heterocycles. The third-order valence-electron chi connectivity index (χ3n) is 4.78. The summed E-state index contributed by atoms with van der Waals surface area (Å²) in [6, 6.07) is 21.7. The SMILES string of the molecule is COC(=O)c1ccc(CC(C)(C)Cc2ccc(OCc3ccccn3)cc2)cc1. The Morgan fingerprint density at radius 3 is 2.07 bits per heavy atom. The number of hydrogen-bond donors (Lipinski definition) is 0. The first-order valence-electron chi connectivity index (χ1n) is 9.74. The van der Waals surface area contributed by atoms with Crippen LogP contribution in [0.25, 0.3) is 0 Å². The van der Waals surface area contributed by atoms with Gasteiger partial charge in [-0.15, -0.1) is 0 Å². The molecule has 0 fully saturated rings. The highest BCUT2D eigenvalue weighted by atomic mass is 16.5. The molecular formula is C25H27NO3. The predicted octanol–water partition coefficient (Wildman–Crippen LogP) is 5.26. The van der Waals surface area contributed by atoms with Gasteiger partial charge in [-0.3, -0.25) is 4.98 Å². The van der Waals surface area contributed by atoms with Crippen molar-refractivity contribution in [1.29, 1.82) is 0 Å². The Kier molecular flexibility index (Phi) is 6.65. The van der Waals surface area contributed by atoms with Gasteiger partial charge in [-0.25, -0.2) is 4.79 Å². The van der Waals surface area contributed by atoms with Gasteiger partial charge in [0.05, 0.1) is 18.4 Å². The van der Waals surface area contributed by atoms with Gasteiger partial charge in [-0.2, -0.15) is 0 Å². The minimum Gasteiger partial charge on any atom is -0.487 e. The zero-order valence-corrected chi connectivity index (χ0v) is 17.2. The summed E-state index contributed by atoms with van der Waals surface area (Å²) < 4.78 is 10.6. The first-order valence-corrected chi connectivity index (χ1v) is 9.74. The second kappa shape index (κ2) is 9.37. The second-order valence-corrected chi connectivity index (χ2v) is 7.96. The van der Waals surface area contributed by atoms with Crippen molar-refractivity contribution in [3.63, 3.8) is 0 Å². The Labute approximate surface area is 172 Å². The minimum atomic E-state index is -0.304. The summed E-state index contributed by atoms with van der Waals surface area (Å²) in [5.74, 6) is 0.539. The molecule has 4 heteroatoms. The molecule has 3 rings (SSSR count). The lowest BCUT2D eigenvalue weighted by molar-refractivity contribution is 0.0600. The van der Waals surface area contributed by atoms with E-state index >= 15 is 0 Å². The summed E-state index contributed by atoms with van der Waals surface area (Å²) in [6.07, 6.45) is 3.64. The number of carbonyl (C=O) groups excluding carboxylic acids is 1. The first-order chi connectivity index (χ1) is 13.9. The molecule has 2 aromatic carbocycles. The topological polar surface area (TPSA) is 48.4 Å². The van der Waals surface area contributed by atoms with Crippen LogP contribution in [0.5, 0.6) is 5.75 Å². The van der Waals surface area contributed by atoms with Crippen LogP contribution in [-0.2, 0) is 24.2 Å². The molecule has 0 saturated carbocycles. The van der Waals surface area contributed by atoms with Crippen molar-refractivity contribution >= 4 is 5.97 Å². The van der Waals surface area contributed by atoms with Crippen molar-refractivity contribution in [3.05, 3.63) is 95.3 Å². The lowest BCUT2D eigenvalue weighted by atomic mass is 9.80. The number of hydrogen-bond acceptors (Lipinski definition) is 4. The van der Waals surface area contributed by atoms with Gasteiger partial charge in [0.15, 0.2) is 0 Å². The van der Waals surface area contributed by atoms with Crippen molar-refractivity contribution in [2.75, 3.05) is 7.11 Å². The molecule has 4 nitrogen and oxygen atoms in total. The summed E-state index contributed by atoms with van der Waals surface area (Å²) in [5, 5.41) is 0. The van der Waals surface area contributed by atoms with E-state index < -0.39 is 0 Å². The Balaban J connectivity index is 1.56. The predicted molar refractivity (Wildman–Crippen MR) is 114 cm³/mol. The Bertz CT molecular complexity index is 917. The number of esters is 1. The van der Waals surface area contributed by atoms with E-state index in [2.05, 4.69) is 31.0 Å². The molecule has 150 valence electrons. The standard InChI is InChI=1S/C25H27NO3/c1-25(2,16-19-7-11-21(12-8-19)24(27)28-3)17-20-9-13-23(14-10-20)29-18-22-6-4-5-15-26-22/h4-15H,16-18H2,1-3H3. The average Bonchev–Trinajstić information content (AvgIpc) is 2.73. The van der Waals surface area contributed by atoms with E-state index in [1.54, 1.807) is 6.20 Å². The molecule has 0 spiro atoms. The van der Waals surface area contributed by atoms with Crippen LogP contribution in [0.2, 0.25) is 0 Å². The first kappa shape index (κ1) is 20.6. The third kappa shape index (κ3) is 6.18. The second-order valence-electron chi connectivity index (χ2n) is 7.96. The Hall–Kier alpha value is -3.14. The van der Waals surface area contributed by atoms with Crippen molar-refractivity contribution in [2.45, 2.75) is 33.3 Å². The fraction of sp³-hybridized carbons (Fsp3) is 0.280. The van der Waals surface area contributed by atoms with Crippen LogP contribution in [-0.4, -0.2) is 18.1 Å². The molecule has 0 atom stereocenters. The lowest BCUT2D eigenvalue weighted by Gasteiger charge is -2.25. The van der Waals surface area contributed by atoms with Gasteiger partial charge in [0.25, 0.3) is 0 Å². The van der Waals surface area contributed by atoms with Crippen LogP contribution >= 0.6 is 0 Å². The van der Waals surface area contributed by atoms with Crippen molar-refractivity contribution < 1.29 is 14.3 Å². The molecule has 0 bridgehead atoms. The summed E-state index contributed by atoms with van der Waals surface area (Å²) >= 11 is 0. The highest BCUT2D eigenvalue weighted by Gasteiger charge is 2.19. The summed E-state index contributed by atoms with van der Waals surface area (Å²) in [4.78, 5) is 15.8. The Morgan fingerprint density at radius 2 is 1.52 bits per heavy atom. The van der Waals surface area contributed by atoms with Crippen LogP contribution in [0.3, 0.4) is 0 Å². The number of benzene rings is 2. The fourth-order valence-electron chi connectivity index (χ4n) is 3.39. The maximum atomic E-state index is 11.6. The number of ether oxygens (including phenoxy) is 2. The van der Waals surface area contributed by atoms with Gasteiger partial charge in [0.2, 0.25) is 0 Å². The normalized spacial score (nSPS) is 11.1. The van der Waals surface area contributed by atoms with E-state index in [1.165, 1.54) is 18.2 Å². The average molecular weight is 389 g/mol. The molecule has 29 heavy (non-hydrogen) atoms. The van der Waals surface area contributed by atoms with Crippen molar-refractivity contribution in [2.24, 2.45) is 5.41 Å². The molecule has 0 aliphatic rings. The van der Waals surface area contributed by atoms with Crippen molar-refractivity contribution in [1.82, 2.24) is 4.98 Å². The van der Waals surface area contributed by atoms with E-state index in [4.69, 9.17) is 9.47 Å². The van der Waals surface area contributed by atoms with Gasteiger partial charge >= 0.3 is 5.97 Å². The molecule has 0 unspecified atom stereocenters. The zero-order valence-electron chi connectivity index (χ0n) is 17.2. The quantitative estimate of drug-likeness (QED) is 0.493. The van der Waals surface area contributed by atoms with Crippen LogP contribution in [0.4, 0.5) is 0 Å². The zero-order chi connectivity index (χ0) is 20.7. The maximum Gasteiger partial charge on any atom is 0.337 e. The fourth-order valence-corrected chi connectivity index (χ4v) is 3.39. The highest BCUT2D eigenvalue weighted by Crippen LogP contribution is 2.28. The molecule has 0 aliphatic carbocycles. The van der Waals surface area contributed by atoms with Gasteiger partial charge in [-0.05, 0) is 65.8 Å². The molecule has 1 heterocycles. The smallest absolute Gasteiger partial charge is 0.337 e. The summed E-state index contributed by atoms with van der Waals surface area (Å²) in [7, 11) is 1.40. The molecule has 0 aliphatic heterocycles. The highest BCUT2D eigenvalue weighted by molar-refractivity contribution is 5.89. The third-order valence-corrected chi connectivity index (χ3v) is 4.78.